The van der Waals surface area contributed by atoms with Gasteiger partial charge < -0.3 is 5.32 Å². The predicted octanol–water partition coefficient (Wildman–Crippen LogP) is 3.96. The predicted molar refractivity (Wildman–Crippen MR) is 79.3 cm³/mol. The van der Waals surface area contributed by atoms with Gasteiger partial charge in [-0.3, -0.25) is 4.98 Å². The Morgan fingerprint density at radius 1 is 1.21 bits per heavy atom. The van der Waals surface area contributed by atoms with Crippen LogP contribution in [-0.4, -0.2) is 11.0 Å². The Hall–Kier alpha value is -1.38. The number of nitrogens with zero attached hydrogens (tertiary/aromatic N) is 1. The minimum absolute atomic E-state index is 0.705. The molecule has 1 aromatic heterocycles. The van der Waals surface area contributed by atoms with Crippen LogP contribution >= 0.6 is 11.6 Å². The molecule has 0 bridgehead atoms. The summed E-state index contributed by atoms with van der Waals surface area (Å²) in [5, 5.41) is 4.31. The highest BCUT2D eigenvalue weighted by molar-refractivity contribution is 6.31. The first-order chi connectivity index (χ1) is 9.22. The van der Waals surface area contributed by atoms with Gasteiger partial charge in [-0.15, -0.1) is 0 Å². The molecule has 1 aromatic carbocycles. The van der Waals surface area contributed by atoms with Crippen molar-refractivity contribution in [2.75, 3.05) is 0 Å². The van der Waals surface area contributed by atoms with E-state index in [4.69, 9.17) is 11.6 Å². The summed E-state index contributed by atoms with van der Waals surface area (Å²) in [4.78, 5) is 4.23. The molecule has 1 aliphatic rings. The van der Waals surface area contributed by atoms with E-state index in [1.165, 1.54) is 12.8 Å². The zero-order valence-electron chi connectivity index (χ0n) is 11.0. The second-order valence-corrected chi connectivity index (χ2v) is 5.62. The number of aryl methyl sites for hydroxylation is 1. The maximum atomic E-state index is 6.36. The number of rotatable bonds is 4. The maximum absolute atomic E-state index is 6.36. The largest absolute Gasteiger partial charge is 0.310 e. The monoisotopic (exact) mass is 272 g/mol. The highest BCUT2D eigenvalue weighted by atomic mass is 35.5. The summed E-state index contributed by atoms with van der Waals surface area (Å²) in [7, 11) is 0. The minimum Gasteiger partial charge on any atom is -0.310 e. The van der Waals surface area contributed by atoms with Crippen molar-refractivity contribution in [2.24, 2.45) is 0 Å². The highest BCUT2D eigenvalue weighted by Gasteiger charge is 2.20. The van der Waals surface area contributed by atoms with Gasteiger partial charge in [-0.2, -0.15) is 0 Å². The molecule has 0 saturated heterocycles. The number of aromatic nitrogens is 1. The van der Waals surface area contributed by atoms with Gasteiger partial charge in [0.05, 0.1) is 0 Å². The Balaban J connectivity index is 1.81. The fourth-order valence-corrected chi connectivity index (χ4v) is 2.37. The molecule has 98 valence electrons. The van der Waals surface area contributed by atoms with E-state index in [9.17, 15) is 0 Å². The van der Waals surface area contributed by atoms with Crippen LogP contribution in [0, 0.1) is 6.92 Å². The molecule has 2 nitrogen and oxygen atoms in total. The molecule has 0 amide bonds. The van der Waals surface area contributed by atoms with Crippen molar-refractivity contribution >= 4 is 11.6 Å². The van der Waals surface area contributed by atoms with Crippen LogP contribution in [0.15, 0.2) is 36.7 Å². The Morgan fingerprint density at radius 2 is 2.05 bits per heavy atom. The van der Waals surface area contributed by atoms with Crippen molar-refractivity contribution in [3.05, 3.63) is 52.8 Å². The lowest BCUT2D eigenvalue weighted by atomic mass is 10.0. The fraction of sp³-hybridized carbons (Fsp3) is 0.312. The number of hydrogen-bond acceptors (Lipinski definition) is 2. The number of benzene rings is 1. The van der Waals surface area contributed by atoms with Crippen molar-refractivity contribution in [2.45, 2.75) is 32.4 Å². The van der Waals surface area contributed by atoms with Gasteiger partial charge in [0.25, 0.3) is 0 Å². The van der Waals surface area contributed by atoms with Crippen LogP contribution in [0.2, 0.25) is 5.02 Å². The molecule has 1 aliphatic carbocycles. The quantitative estimate of drug-likeness (QED) is 0.911. The lowest BCUT2D eigenvalue weighted by Gasteiger charge is -2.08. The molecular weight excluding hydrogens is 256 g/mol. The zero-order valence-corrected chi connectivity index (χ0v) is 11.7. The van der Waals surface area contributed by atoms with E-state index >= 15 is 0 Å². The average molecular weight is 273 g/mol. The topological polar surface area (TPSA) is 24.9 Å². The van der Waals surface area contributed by atoms with Crippen LogP contribution < -0.4 is 5.32 Å². The van der Waals surface area contributed by atoms with Gasteiger partial charge in [-0.25, -0.2) is 0 Å². The van der Waals surface area contributed by atoms with Gasteiger partial charge in [0.15, 0.2) is 0 Å². The van der Waals surface area contributed by atoms with Crippen LogP contribution in [0.5, 0.6) is 0 Å². The van der Waals surface area contributed by atoms with Crippen LogP contribution in [0.4, 0.5) is 0 Å². The van der Waals surface area contributed by atoms with Crippen LogP contribution in [-0.2, 0) is 6.54 Å². The van der Waals surface area contributed by atoms with Gasteiger partial charge in [0.1, 0.15) is 0 Å². The summed E-state index contributed by atoms with van der Waals surface area (Å²) < 4.78 is 0. The van der Waals surface area contributed by atoms with E-state index in [0.717, 1.165) is 33.8 Å². The summed E-state index contributed by atoms with van der Waals surface area (Å²) >= 11 is 6.36. The van der Waals surface area contributed by atoms with Crippen LogP contribution in [0.1, 0.15) is 24.0 Å². The number of halogens is 1. The van der Waals surface area contributed by atoms with E-state index in [1.807, 2.05) is 25.4 Å². The maximum Gasteiger partial charge on any atom is 0.0457 e. The zero-order chi connectivity index (χ0) is 13.2. The first kappa shape index (κ1) is 12.6. The van der Waals surface area contributed by atoms with Crippen LogP contribution in [0.3, 0.4) is 0 Å². The third kappa shape index (κ3) is 3.14. The molecule has 19 heavy (non-hydrogen) atoms. The molecule has 1 heterocycles. The molecule has 1 fully saturated rings. The van der Waals surface area contributed by atoms with Crippen molar-refractivity contribution in [3.63, 3.8) is 0 Å². The first-order valence-electron chi connectivity index (χ1n) is 6.66. The second kappa shape index (κ2) is 5.32. The third-order valence-corrected chi connectivity index (χ3v) is 3.77. The molecule has 3 heteroatoms. The van der Waals surface area contributed by atoms with Gasteiger partial charge in [-0.05, 0) is 48.6 Å². The van der Waals surface area contributed by atoms with Gasteiger partial charge in [-0.1, -0.05) is 23.7 Å². The lowest BCUT2D eigenvalue weighted by Crippen LogP contribution is -2.15. The van der Waals surface area contributed by atoms with E-state index in [-0.39, 0.29) is 0 Å². The summed E-state index contributed by atoms with van der Waals surface area (Å²) in [6, 6.07) is 9.08. The Labute approximate surface area is 118 Å². The Bertz CT molecular complexity index is 591. The minimum atomic E-state index is 0.705. The molecule has 2 aromatic rings. The molecule has 0 atom stereocenters. The van der Waals surface area contributed by atoms with E-state index in [1.54, 1.807) is 0 Å². The molecule has 0 radical (unpaired) electrons. The summed E-state index contributed by atoms with van der Waals surface area (Å²) in [5.74, 6) is 0. The van der Waals surface area contributed by atoms with Gasteiger partial charge in [0.2, 0.25) is 0 Å². The van der Waals surface area contributed by atoms with Crippen LogP contribution in [0.25, 0.3) is 11.1 Å². The molecule has 1 saturated carbocycles. The Kier molecular flexibility index (Phi) is 3.54. The Morgan fingerprint density at radius 3 is 2.74 bits per heavy atom. The van der Waals surface area contributed by atoms with Crippen molar-refractivity contribution < 1.29 is 0 Å². The molecule has 0 spiro atoms. The third-order valence-electron chi connectivity index (χ3n) is 3.42. The highest BCUT2D eigenvalue weighted by Crippen LogP contribution is 2.27. The van der Waals surface area contributed by atoms with Gasteiger partial charge in [0, 0.05) is 35.6 Å². The summed E-state index contributed by atoms with van der Waals surface area (Å²) in [5.41, 5.74) is 4.56. The second-order valence-electron chi connectivity index (χ2n) is 5.21. The van der Waals surface area contributed by atoms with Crippen molar-refractivity contribution in [1.82, 2.24) is 10.3 Å². The smallest absolute Gasteiger partial charge is 0.0457 e. The van der Waals surface area contributed by atoms with E-state index < -0.39 is 0 Å². The number of hydrogen-bond donors (Lipinski definition) is 1. The molecular formula is C16H17ClN2. The summed E-state index contributed by atoms with van der Waals surface area (Å²) in [6.45, 7) is 2.90. The number of pyridine rings is 1. The molecule has 0 aliphatic heterocycles. The van der Waals surface area contributed by atoms with E-state index in [0.29, 0.717) is 6.04 Å². The van der Waals surface area contributed by atoms with Crippen molar-refractivity contribution in [1.29, 1.82) is 0 Å². The molecule has 1 N–H and O–H groups in total. The molecule has 3 rings (SSSR count). The summed E-state index contributed by atoms with van der Waals surface area (Å²) in [6.07, 6.45) is 6.33. The van der Waals surface area contributed by atoms with Crippen molar-refractivity contribution in [3.8, 4) is 11.1 Å². The SMILES string of the molecule is Cc1cncc(-c2ccc(CNC3CC3)c(Cl)c2)c1. The number of nitrogens with one attached hydrogen (secondary N) is 1. The molecule has 0 unspecified atom stereocenters. The average Bonchev–Trinajstić information content (AvgIpc) is 3.21. The van der Waals surface area contributed by atoms with Gasteiger partial charge >= 0.3 is 0 Å². The standard InChI is InChI=1S/C16H17ClN2/c1-11-6-14(9-18-8-11)12-2-3-13(16(17)7-12)10-19-15-4-5-15/h2-3,6-9,15,19H,4-5,10H2,1H3. The first-order valence-corrected chi connectivity index (χ1v) is 7.04. The normalized spacial score (nSPS) is 14.6. The lowest BCUT2D eigenvalue weighted by molar-refractivity contribution is 0.688. The van der Waals surface area contributed by atoms with E-state index in [2.05, 4.69) is 28.5 Å². The fourth-order valence-electron chi connectivity index (χ4n) is 2.12.